The fourth-order valence-electron chi connectivity index (χ4n) is 3.55. The summed E-state index contributed by atoms with van der Waals surface area (Å²) < 4.78 is 80.8. The van der Waals surface area contributed by atoms with E-state index in [0.717, 1.165) is 18.4 Å². The highest BCUT2D eigenvalue weighted by Gasteiger charge is 2.41. The average Bonchev–Trinajstić information content (AvgIpc) is 3.15. The number of halogens is 4. The topological polar surface area (TPSA) is 52.0 Å². The van der Waals surface area contributed by atoms with Gasteiger partial charge in [0.05, 0.1) is 16.6 Å². The minimum Gasteiger partial charge on any atom is -0.256 e. The Hall–Kier alpha value is -3.20. The van der Waals surface area contributed by atoms with Crippen LogP contribution in [0.15, 0.2) is 78.7 Å². The number of aromatic nitrogens is 2. The summed E-state index contributed by atoms with van der Waals surface area (Å²) in [5.74, 6) is -0.915. The molecule has 2 atom stereocenters. The largest absolute Gasteiger partial charge is 0.435 e. The van der Waals surface area contributed by atoms with Gasteiger partial charge in [-0.2, -0.15) is 18.3 Å². The van der Waals surface area contributed by atoms with E-state index in [1.165, 1.54) is 47.2 Å². The molecule has 3 rings (SSSR count). The molecule has 0 N–H and O–H groups in total. The Labute approximate surface area is 189 Å². The molecular weight excluding hydrogens is 456 g/mol. The summed E-state index contributed by atoms with van der Waals surface area (Å²) in [4.78, 5) is 0.0245. The molecule has 2 unspecified atom stereocenters. The molecule has 2 aromatic carbocycles. The van der Waals surface area contributed by atoms with Crippen molar-refractivity contribution in [2.24, 2.45) is 5.92 Å². The summed E-state index contributed by atoms with van der Waals surface area (Å²) in [5.41, 5.74) is -0.844. The number of hydrogen-bond donors (Lipinski definition) is 0. The maximum atomic E-state index is 14.1. The molecule has 0 amide bonds. The Kier molecular flexibility index (Phi) is 6.65. The van der Waals surface area contributed by atoms with Gasteiger partial charge in [-0.05, 0) is 35.7 Å². The van der Waals surface area contributed by atoms with Gasteiger partial charge in [0.15, 0.2) is 15.5 Å². The first-order valence-corrected chi connectivity index (χ1v) is 11.8. The molecule has 0 saturated carbocycles. The smallest absolute Gasteiger partial charge is 0.256 e. The Morgan fingerprint density at radius 1 is 0.970 bits per heavy atom. The minimum atomic E-state index is -4.81. The molecule has 0 bridgehead atoms. The number of nitrogens with zero attached hydrogens (tertiary/aromatic N) is 2. The van der Waals surface area contributed by atoms with Crippen molar-refractivity contribution in [3.8, 4) is 22.4 Å². The number of hydrogen-bond acceptors (Lipinski definition) is 3. The minimum absolute atomic E-state index is 0.0245. The van der Waals surface area contributed by atoms with Crippen molar-refractivity contribution in [3.05, 3.63) is 85.4 Å². The standard InChI is InChI=1S/C24H22F4N2O2S/c1-5-15(3)20(6-2)30-22(17-9-13-19(14-10-17)33(4,31)32)21(23(29-30)24(26,27)28)16-7-11-18(25)12-8-16/h5-15,20H,1-2H2,3-4H3. The van der Waals surface area contributed by atoms with E-state index in [1.807, 2.05) is 0 Å². The van der Waals surface area contributed by atoms with Crippen LogP contribution in [0.1, 0.15) is 18.7 Å². The molecule has 174 valence electrons. The molecule has 33 heavy (non-hydrogen) atoms. The van der Waals surface area contributed by atoms with Gasteiger partial charge in [-0.25, -0.2) is 12.8 Å². The third kappa shape index (κ3) is 4.93. The number of alkyl halides is 3. The van der Waals surface area contributed by atoms with Gasteiger partial charge < -0.3 is 0 Å². The normalized spacial score (nSPS) is 14.0. The summed E-state index contributed by atoms with van der Waals surface area (Å²) >= 11 is 0. The highest BCUT2D eigenvalue weighted by atomic mass is 32.2. The average molecular weight is 479 g/mol. The summed E-state index contributed by atoms with van der Waals surface area (Å²) in [6.45, 7) is 9.24. The Balaban J connectivity index is 2.43. The van der Waals surface area contributed by atoms with Crippen molar-refractivity contribution in [1.82, 2.24) is 9.78 Å². The number of benzene rings is 2. The van der Waals surface area contributed by atoms with Crippen LogP contribution in [0.3, 0.4) is 0 Å². The molecule has 1 heterocycles. The lowest BCUT2D eigenvalue weighted by molar-refractivity contribution is -0.141. The number of rotatable bonds is 7. The van der Waals surface area contributed by atoms with Crippen molar-refractivity contribution < 1.29 is 26.0 Å². The molecule has 0 fully saturated rings. The summed E-state index contributed by atoms with van der Waals surface area (Å²) in [5, 5.41) is 3.93. The molecule has 0 aliphatic carbocycles. The van der Waals surface area contributed by atoms with Crippen molar-refractivity contribution >= 4 is 9.84 Å². The summed E-state index contributed by atoms with van der Waals surface area (Å²) in [6.07, 6.45) is -0.714. The van der Waals surface area contributed by atoms with Gasteiger partial charge >= 0.3 is 6.18 Å². The third-order valence-corrected chi connectivity index (χ3v) is 6.43. The molecular formula is C24H22F4N2O2S. The second-order valence-corrected chi connectivity index (χ2v) is 9.65. The van der Waals surface area contributed by atoms with Crippen LogP contribution < -0.4 is 0 Å². The molecule has 0 aliphatic heterocycles. The summed E-state index contributed by atoms with van der Waals surface area (Å²) in [6, 6.07) is 9.46. The van der Waals surface area contributed by atoms with Crippen molar-refractivity contribution in [1.29, 1.82) is 0 Å². The van der Waals surface area contributed by atoms with Gasteiger partial charge in [0.2, 0.25) is 0 Å². The zero-order valence-corrected chi connectivity index (χ0v) is 18.8. The highest BCUT2D eigenvalue weighted by molar-refractivity contribution is 7.90. The lowest BCUT2D eigenvalue weighted by atomic mass is 9.96. The van der Waals surface area contributed by atoms with E-state index in [4.69, 9.17) is 0 Å². The molecule has 0 spiro atoms. The molecule has 1 aromatic heterocycles. The zero-order valence-electron chi connectivity index (χ0n) is 18.0. The number of allylic oxidation sites excluding steroid dienone is 2. The first-order valence-electron chi connectivity index (χ1n) is 9.89. The van der Waals surface area contributed by atoms with Crippen molar-refractivity contribution in [2.75, 3.05) is 6.26 Å². The Morgan fingerprint density at radius 2 is 1.52 bits per heavy atom. The first-order chi connectivity index (χ1) is 15.4. The zero-order chi connectivity index (χ0) is 24.6. The van der Waals surface area contributed by atoms with Crippen LogP contribution >= 0.6 is 0 Å². The van der Waals surface area contributed by atoms with Crippen molar-refractivity contribution in [2.45, 2.75) is 24.0 Å². The monoisotopic (exact) mass is 478 g/mol. The van der Waals surface area contributed by atoms with Crippen LogP contribution in [0.2, 0.25) is 0 Å². The van der Waals surface area contributed by atoms with Gasteiger partial charge in [0.25, 0.3) is 0 Å². The van der Waals surface area contributed by atoms with Gasteiger partial charge in [0, 0.05) is 17.4 Å². The molecule has 9 heteroatoms. The molecule has 0 radical (unpaired) electrons. The van der Waals surface area contributed by atoms with E-state index >= 15 is 0 Å². The SMILES string of the molecule is C=CC(C)C(C=C)n1nc(C(F)(F)F)c(-c2ccc(F)cc2)c1-c1ccc(S(C)(=O)=O)cc1. The Bertz CT molecular complexity index is 1280. The van der Waals surface area contributed by atoms with Gasteiger partial charge in [-0.1, -0.05) is 43.3 Å². The molecule has 3 aromatic rings. The van der Waals surface area contributed by atoms with E-state index < -0.39 is 33.6 Å². The maximum Gasteiger partial charge on any atom is 0.435 e. The second-order valence-electron chi connectivity index (χ2n) is 7.64. The lowest BCUT2D eigenvalue weighted by Crippen LogP contribution is -2.17. The molecule has 0 saturated heterocycles. The van der Waals surface area contributed by atoms with Crippen LogP contribution in [-0.4, -0.2) is 24.5 Å². The highest BCUT2D eigenvalue weighted by Crippen LogP contribution is 2.44. The quantitative estimate of drug-likeness (QED) is 0.295. The van der Waals surface area contributed by atoms with E-state index in [9.17, 15) is 26.0 Å². The molecule has 4 nitrogen and oxygen atoms in total. The third-order valence-electron chi connectivity index (χ3n) is 5.30. The van der Waals surface area contributed by atoms with Crippen LogP contribution in [0.5, 0.6) is 0 Å². The van der Waals surface area contributed by atoms with E-state index in [2.05, 4.69) is 18.3 Å². The van der Waals surface area contributed by atoms with Gasteiger partial charge in [-0.3, -0.25) is 4.68 Å². The maximum absolute atomic E-state index is 14.1. The van der Waals surface area contributed by atoms with Crippen LogP contribution in [0.25, 0.3) is 22.4 Å². The van der Waals surface area contributed by atoms with E-state index in [0.29, 0.717) is 5.56 Å². The predicted octanol–water partition coefficient (Wildman–Crippen LogP) is 6.33. The summed E-state index contributed by atoms with van der Waals surface area (Å²) in [7, 11) is -3.51. The fraction of sp³-hybridized carbons (Fsp3) is 0.208. The van der Waals surface area contributed by atoms with Crippen molar-refractivity contribution in [3.63, 3.8) is 0 Å². The predicted molar refractivity (Wildman–Crippen MR) is 120 cm³/mol. The van der Waals surface area contributed by atoms with Crippen LogP contribution in [0.4, 0.5) is 17.6 Å². The fourth-order valence-corrected chi connectivity index (χ4v) is 4.18. The van der Waals surface area contributed by atoms with E-state index in [1.54, 1.807) is 13.0 Å². The number of sulfone groups is 1. The first kappa shape index (κ1) is 24.4. The lowest BCUT2D eigenvalue weighted by Gasteiger charge is -2.21. The van der Waals surface area contributed by atoms with Crippen LogP contribution in [-0.2, 0) is 16.0 Å². The van der Waals surface area contributed by atoms with Gasteiger partial charge in [-0.15, -0.1) is 13.2 Å². The molecule has 0 aliphatic rings. The van der Waals surface area contributed by atoms with Crippen LogP contribution in [0, 0.1) is 11.7 Å². The Morgan fingerprint density at radius 3 is 1.97 bits per heavy atom. The van der Waals surface area contributed by atoms with E-state index in [-0.39, 0.29) is 27.6 Å². The van der Waals surface area contributed by atoms with Gasteiger partial charge in [0.1, 0.15) is 5.82 Å². The second kappa shape index (κ2) is 8.97.